The Balaban J connectivity index is 2.38. The lowest BCUT2D eigenvalue weighted by molar-refractivity contribution is 0.00578. The first-order valence-corrected chi connectivity index (χ1v) is 6.53. The monoisotopic (exact) mass is 250 g/mol. The quantitative estimate of drug-likeness (QED) is 0.751. The van der Waals surface area contributed by atoms with Crippen LogP contribution in [0.4, 0.5) is 0 Å². The molecule has 0 N–H and O–H groups in total. The van der Waals surface area contributed by atoms with Gasteiger partial charge in [0.1, 0.15) is 0 Å². The molecule has 1 saturated heterocycles. The van der Waals surface area contributed by atoms with E-state index >= 15 is 0 Å². The summed E-state index contributed by atoms with van der Waals surface area (Å²) in [5.74, 6) is 0.410. The van der Waals surface area contributed by atoms with Gasteiger partial charge in [-0.1, -0.05) is 13.8 Å². The predicted molar refractivity (Wildman–Crippen MR) is 73.0 cm³/mol. The van der Waals surface area contributed by atoms with Gasteiger partial charge in [-0.3, -0.25) is 4.68 Å². The van der Waals surface area contributed by atoms with Gasteiger partial charge < -0.3 is 9.31 Å². The average molecular weight is 250 g/mol. The van der Waals surface area contributed by atoms with Crippen LogP contribution >= 0.6 is 0 Å². The zero-order chi connectivity index (χ0) is 13.7. The smallest absolute Gasteiger partial charge is 0.398 e. The number of rotatable bonds is 2. The topological polar surface area (TPSA) is 36.3 Å². The molecule has 1 aromatic heterocycles. The second-order valence-corrected chi connectivity index (χ2v) is 6.35. The summed E-state index contributed by atoms with van der Waals surface area (Å²) >= 11 is 0. The van der Waals surface area contributed by atoms with Crippen molar-refractivity contribution in [1.29, 1.82) is 0 Å². The zero-order valence-electron chi connectivity index (χ0n) is 12.4. The van der Waals surface area contributed by atoms with Gasteiger partial charge in [0.15, 0.2) is 0 Å². The molecule has 0 radical (unpaired) electrons. The molecule has 1 aromatic rings. The van der Waals surface area contributed by atoms with Gasteiger partial charge in [-0.05, 0) is 39.2 Å². The first-order chi connectivity index (χ1) is 8.16. The Morgan fingerprint density at radius 3 is 2.11 bits per heavy atom. The van der Waals surface area contributed by atoms with E-state index in [0.717, 1.165) is 5.59 Å². The van der Waals surface area contributed by atoms with Crippen molar-refractivity contribution in [1.82, 2.24) is 9.78 Å². The molecule has 4 nitrogen and oxygen atoms in total. The van der Waals surface area contributed by atoms with Gasteiger partial charge in [-0.2, -0.15) is 5.10 Å². The second kappa shape index (κ2) is 4.10. The second-order valence-electron chi connectivity index (χ2n) is 6.35. The molecular formula is C13H23BN2O2. The number of nitrogens with zero attached hydrogens (tertiary/aromatic N) is 2. The molecule has 0 atom stereocenters. The summed E-state index contributed by atoms with van der Waals surface area (Å²) in [5, 5.41) is 4.33. The third-order valence-electron chi connectivity index (χ3n) is 4.11. The lowest BCUT2D eigenvalue weighted by Gasteiger charge is -2.32. The van der Waals surface area contributed by atoms with E-state index in [9.17, 15) is 0 Å². The van der Waals surface area contributed by atoms with Crippen molar-refractivity contribution in [3.63, 3.8) is 0 Å². The summed E-state index contributed by atoms with van der Waals surface area (Å²) in [7, 11) is 1.60. The van der Waals surface area contributed by atoms with Crippen LogP contribution in [-0.2, 0) is 16.4 Å². The van der Waals surface area contributed by atoms with E-state index in [4.69, 9.17) is 9.31 Å². The minimum Gasteiger partial charge on any atom is -0.398 e. The van der Waals surface area contributed by atoms with Crippen LogP contribution < -0.4 is 5.59 Å². The molecule has 0 saturated carbocycles. The Kier molecular flexibility index (Phi) is 3.10. The standard InChI is InChI=1S/C13H23BN2O2/c1-9(2)10-8-15-16(7)11(10)14-17-12(3,4)13(5,6)18-14/h8-9H,1-7H3. The maximum Gasteiger partial charge on any atom is 0.514 e. The van der Waals surface area contributed by atoms with Crippen LogP contribution in [0.1, 0.15) is 53.0 Å². The summed E-state index contributed by atoms with van der Waals surface area (Å²) < 4.78 is 14.1. The summed E-state index contributed by atoms with van der Waals surface area (Å²) in [6.45, 7) is 12.6. The van der Waals surface area contributed by atoms with Crippen LogP contribution in [0.25, 0.3) is 0 Å². The fourth-order valence-electron chi connectivity index (χ4n) is 2.15. The van der Waals surface area contributed by atoms with Gasteiger partial charge in [0.25, 0.3) is 0 Å². The molecule has 0 amide bonds. The molecule has 0 bridgehead atoms. The van der Waals surface area contributed by atoms with Crippen molar-refractivity contribution in [2.45, 2.75) is 58.7 Å². The average Bonchev–Trinajstić information content (AvgIpc) is 2.66. The Hall–Kier alpha value is -0.805. The highest BCUT2D eigenvalue weighted by Crippen LogP contribution is 2.36. The third-order valence-corrected chi connectivity index (χ3v) is 4.11. The molecule has 18 heavy (non-hydrogen) atoms. The lowest BCUT2D eigenvalue weighted by atomic mass is 9.79. The van der Waals surface area contributed by atoms with Gasteiger partial charge in [0.05, 0.1) is 23.0 Å². The van der Waals surface area contributed by atoms with Crippen molar-refractivity contribution in [2.75, 3.05) is 0 Å². The van der Waals surface area contributed by atoms with Gasteiger partial charge in [0.2, 0.25) is 0 Å². The minimum atomic E-state index is -0.333. The Morgan fingerprint density at radius 1 is 1.17 bits per heavy atom. The normalized spacial score (nSPS) is 21.9. The molecule has 5 heteroatoms. The maximum absolute atomic E-state index is 6.10. The van der Waals surface area contributed by atoms with Crippen LogP contribution in [-0.4, -0.2) is 28.1 Å². The fourth-order valence-corrected chi connectivity index (χ4v) is 2.15. The largest absolute Gasteiger partial charge is 0.514 e. The maximum atomic E-state index is 6.10. The molecule has 0 aromatic carbocycles. The molecule has 2 heterocycles. The minimum absolute atomic E-state index is 0.309. The molecule has 0 unspecified atom stereocenters. The van der Waals surface area contributed by atoms with E-state index in [0.29, 0.717) is 5.92 Å². The summed E-state index contributed by atoms with van der Waals surface area (Å²) in [6.07, 6.45) is 1.91. The fraction of sp³-hybridized carbons (Fsp3) is 0.769. The Morgan fingerprint density at radius 2 is 1.67 bits per heavy atom. The highest BCUT2D eigenvalue weighted by molar-refractivity contribution is 6.61. The molecular weight excluding hydrogens is 227 g/mol. The number of aromatic nitrogens is 2. The van der Waals surface area contributed by atoms with Crippen molar-refractivity contribution in [3.8, 4) is 0 Å². The summed E-state index contributed by atoms with van der Waals surface area (Å²) in [6, 6.07) is 0. The van der Waals surface area contributed by atoms with Crippen LogP contribution in [0.2, 0.25) is 0 Å². The summed E-state index contributed by atoms with van der Waals surface area (Å²) in [4.78, 5) is 0. The molecule has 1 aliphatic heterocycles. The van der Waals surface area contributed by atoms with Crippen LogP contribution in [0, 0.1) is 0 Å². The van der Waals surface area contributed by atoms with E-state index in [1.54, 1.807) is 0 Å². The van der Waals surface area contributed by atoms with Crippen molar-refractivity contribution >= 4 is 12.7 Å². The van der Waals surface area contributed by atoms with Crippen LogP contribution in [0.3, 0.4) is 0 Å². The van der Waals surface area contributed by atoms with Crippen LogP contribution in [0.5, 0.6) is 0 Å². The van der Waals surface area contributed by atoms with E-state index in [1.807, 2.05) is 17.9 Å². The SMILES string of the molecule is CC(C)c1cnn(C)c1B1OC(C)(C)C(C)(C)O1. The van der Waals surface area contributed by atoms with E-state index in [1.165, 1.54) is 5.56 Å². The first-order valence-electron chi connectivity index (χ1n) is 6.53. The van der Waals surface area contributed by atoms with Crippen molar-refractivity contribution < 1.29 is 9.31 Å². The molecule has 1 aliphatic rings. The summed E-state index contributed by atoms with van der Waals surface area (Å²) in [5.41, 5.74) is 1.60. The molecule has 0 spiro atoms. The van der Waals surface area contributed by atoms with Gasteiger partial charge >= 0.3 is 7.12 Å². The van der Waals surface area contributed by atoms with E-state index in [-0.39, 0.29) is 18.3 Å². The molecule has 1 fully saturated rings. The zero-order valence-corrected chi connectivity index (χ0v) is 12.4. The van der Waals surface area contributed by atoms with Crippen LogP contribution in [0.15, 0.2) is 6.20 Å². The van der Waals surface area contributed by atoms with E-state index < -0.39 is 0 Å². The predicted octanol–water partition coefficient (Wildman–Crippen LogP) is 1.84. The third kappa shape index (κ3) is 1.99. The lowest BCUT2D eigenvalue weighted by Crippen LogP contribution is -2.41. The number of aryl methyl sites for hydroxylation is 1. The van der Waals surface area contributed by atoms with Gasteiger partial charge in [0, 0.05) is 7.05 Å². The number of hydrogen-bond donors (Lipinski definition) is 0. The number of hydrogen-bond acceptors (Lipinski definition) is 3. The van der Waals surface area contributed by atoms with Crippen molar-refractivity contribution in [3.05, 3.63) is 11.8 Å². The molecule has 0 aliphatic carbocycles. The van der Waals surface area contributed by atoms with Gasteiger partial charge in [-0.25, -0.2) is 0 Å². The van der Waals surface area contributed by atoms with Crippen molar-refractivity contribution in [2.24, 2.45) is 7.05 Å². The Labute approximate surface area is 110 Å². The highest BCUT2D eigenvalue weighted by atomic mass is 16.7. The molecule has 2 rings (SSSR count). The Bertz CT molecular complexity index is 436. The molecule has 100 valence electrons. The van der Waals surface area contributed by atoms with Gasteiger partial charge in [-0.15, -0.1) is 0 Å². The highest BCUT2D eigenvalue weighted by Gasteiger charge is 2.53. The first kappa shape index (κ1) is 13.6. The van der Waals surface area contributed by atoms with E-state index in [2.05, 4.69) is 46.6 Å².